The highest BCUT2D eigenvalue weighted by molar-refractivity contribution is 14.1. The number of ether oxygens (including phenoxy) is 1. The van der Waals surface area contributed by atoms with Crippen molar-refractivity contribution >= 4 is 22.6 Å². The molecule has 1 fully saturated rings. The smallest absolute Gasteiger partial charge is 0.107 e. The van der Waals surface area contributed by atoms with Crippen molar-refractivity contribution in [1.29, 1.82) is 0 Å². The molecular weight excluding hydrogens is 331 g/mol. The van der Waals surface area contributed by atoms with Gasteiger partial charge in [0, 0.05) is 10.0 Å². The lowest BCUT2D eigenvalue weighted by Crippen LogP contribution is -2.24. The number of aliphatic hydroxyl groups excluding tert-OH is 2. The van der Waals surface area contributed by atoms with Crippen molar-refractivity contribution in [1.82, 2.24) is 0 Å². The lowest BCUT2D eigenvalue weighted by atomic mass is 10.0. The van der Waals surface area contributed by atoms with E-state index in [4.69, 9.17) is 9.84 Å². The lowest BCUT2D eigenvalue weighted by Gasteiger charge is -2.13. The van der Waals surface area contributed by atoms with Crippen LogP contribution < -0.4 is 0 Å². The van der Waals surface area contributed by atoms with Crippen LogP contribution in [0.25, 0.3) is 0 Å². The van der Waals surface area contributed by atoms with E-state index in [9.17, 15) is 5.11 Å². The molecule has 4 heteroatoms. The van der Waals surface area contributed by atoms with Gasteiger partial charge in [0.05, 0.1) is 18.8 Å². The molecular formula is C13H15IO3. The quantitative estimate of drug-likeness (QED) is 0.751. The van der Waals surface area contributed by atoms with Crippen molar-refractivity contribution in [2.45, 2.75) is 24.7 Å². The van der Waals surface area contributed by atoms with Crippen molar-refractivity contribution in [2.75, 3.05) is 6.61 Å². The molecule has 2 aliphatic rings. The molecule has 3 unspecified atom stereocenters. The third kappa shape index (κ3) is 3.28. The summed E-state index contributed by atoms with van der Waals surface area (Å²) in [6.07, 6.45) is 11.3. The zero-order chi connectivity index (χ0) is 12.3. The maximum atomic E-state index is 9.70. The van der Waals surface area contributed by atoms with Crippen LogP contribution in [0.3, 0.4) is 0 Å². The number of halogens is 1. The maximum absolute atomic E-state index is 9.70. The Morgan fingerprint density at radius 2 is 2.06 bits per heavy atom. The molecule has 0 radical (unpaired) electrons. The van der Waals surface area contributed by atoms with Crippen LogP contribution in [-0.2, 0) is 4.74 Å². The van der Waals surface area contributed by atoms with Gasteiger partial charge in [-0.2, -0.15) is 0 Å². The number of hydrogen-bond acceptors (Lipinski definition) is 3. The minimum absolute atomic E-state index is 0.134. The van der Waals surface area contributed by atoms with Gasteiger partial charge in [0.2, 0.25) is 0 Å². The first-order valence-electron chi connectivity index (χ1n) is 5.57. The van der Waals surface area contributed by atoms with Gasteiger partial charge in [0.25, 0.3) is 0 Å². The third-order valence-electron chi connectivity index (χ3n) is 2.87. The van der Waals surface area contributed by atoms with Crippen LogP contribution in [-0.4, -0.2) is 35.1 Å². The van der Waals surface area contributed by atoms with Crippen LogP contribution in [0, 0.1) is 0 Å². The number of allylic oxidation sites excluding steroid dienone is 6. The molecule has 0 spiro atoms. The minimum Gasteiger partial charge on any atom is -0.394 e. The standard InChI is InChI=1S/C13H15IO3/c14-10-4-2-1-3-9(5-6-10)12-7-11(16)13(8-15)17-12/h1-6,11-13,15-16H,7-8H2/b2-1-,3-1?,4-2?,6-5?,9-3?,9-5?,10-4+,10-6?. The first-order chi connectivity index (χ1) is 8.20. The minimum atomic E-state index is -0.580. The molecule has 0 bridgehead atoms. The largest absolute Gasteiger partial charge is 0.394 e. The van der Waals surface area contributed by atoms with Crippen molar-refractivity contribution < 1.29 is 14.9 Å². The van der Waals surface area contributed by atoms with E-state index in [1.54, 1.807) is 0 Å². The second kappa shape index (κ2) is 5.95. The summed E-state index contributed by atoms with van der Waals surface area (Å²) in [5.41, 5.74) is 1.03. The van der Waals surface area contributed by atoms with Gasteiger partial charge in [-0.1, -0.05) is 24.3 Å². The average Bonchev–Trinajstić information content (AvgIpc) is 2.65. The van der Waals surface area contributed by atoms with E-state index in [0.29, 0.717) is 6.42 Å². The fourth-order valence-corrected chi connectivity index (χ4v) is 2.31. The lowest BCUT2D eigenvalue weighted by molar-refractivity contribution is -0.0123. The predicted octanol–water partition coefficient (Wildman–Crippen LogP) is 1.87. The summed E-state index contributed by atoms with van der Waals surface area (Å²) >= 11 is 2.25. The van der Waals surface area contributed by atoms with Gasteiger partial charge in [-0.15, -0.1) is 0 Å². The third-order valence-corrected chi connectivity index (χ3v) is 3.58. The van der Waals surface area contributed by atoms with Crippen molar-refractivity contribution in [2.24, 2.45) is 0 Å². The summed E-state index contributed by atoms with van der Waals surface area (Å²) in [6, 6.07) is 0. The molecule has 2 N–H and O–H groups in total. The monoisotopic (exact) mass is 346 g/mol. The zero-order valence-corrected chi connectivity index (χ0v) is 11.4. The molecule has 2 rings (SSSR count). The number of aliphatic hydroxyl groups is 2. The molecule has 1 aliphatic carbocycles. The average molecular weight is 346 g/mol. The van der Waals surface area contributed by atoms with Crippen LogP contribution >= 0.6 is 22.6 Å². The molecule has 1 heterocycles. The second-order valence-electron chi connectivity index (χ2n) is 4.09. The molecule has 0 aromatic heterocycles. The van der Waals surface area contributed by atoms with Crippen LogP contribution in [0.4, 0.5) is 0 Å². The molecule has 92 valence electrons. The Hall–Kier alpha value is -0.430. The molecule has 0 aromatic carbocycles. The highest BCUT2D eigenvalue weighted by Gasteiger charge is 2.34. The SMILES string of the molecule is OCC1OC(C2=C/C=C\C=C(\I)C=C2)CC1O. The van der Waals surface area contributed by atoms with E-state index in [0.717, 1.165) is 9.15 Å². The van der Waals surface area contributed by atoms with E-state index >= 15 is 0 Å². The Kier molecular flexibility index (Phi) is 4.55. The van der Waals surface area contributed by atoms with Crippen LogP contribution in [0.15, 0.2) is 45.6 Å². The fraction of sp³-hybridized carbons (Fsp3) is 0.385. The Morgan fingerprint density at radius 3 is 2.76 bits per heavy atom. The molecule has 0 saturated carbocycles. The summed E-state index contributed by atoms with van der Waals surface area (Å²) in [6.45, 7) is -0.137. The highest BCUT2D eigenvalue weighted by atomic mass is 127. The van der Waals surface area contributed by atoms with Gasteiger partial charge < -0.3 is 14.9 Å². The van der Waals surface area contributed by atoms with Crippen molar-refractivity contribution in [3.8, 4) is 0 Å². The van der Waals surface area contributed by atoms with Crippen LogP contribution in [0.2, 0.25) is 0 Å². The van der Waals surface area contributed by atoms with Gasteiger partial charge in [-0.3, -0.25) is 0 Å². The molecule has 3 atom stereocenters. The fourth-order valence-electron chi connectivity index (χ4n) is 1.92. The first-order valence-corrected chi connectivity index (χ1v) is 6.65. The Balaban J connectivity index is 2.11. The Labute approximate surface area is 114 Å². The zero-order valence-electron chi connectivity index (χ0n) is 9.29. The summed E-state index contributed by atoms with van der Waals surface area (Å²) in [5, 5.41) is 18.7. The second-order valence-corrected chi connectivity index (χ2v) is 5.33. The highest BCUT2D eigenvalue weighted by Crippen LogP contribution is 2.27. The summed E-state index contributed by atoms with van der Waals surface area (Å²) in [5.74, 6) is 0. The van der Waals surface area contributed by atoms with Gasteiger partial charge in [-0.25, -0.2) is 0 Å². The molecule has 0 amide bonds. The van der Waals surface area contributed by atoms with Gasteiger partial charge in [0.15, 0.2) is 0 Å². The van der Waals surface area contributed by atoms with Crippen LogP contribution in [0.1, 0.15) is 6.42 Å². The van der Waals surface area contributed by atoms with E-state index in [1.165, 1.54) is 0 Å². The number of hydrogen-bond donors (Lipinski definition) is 2. The summed E-state index contributed by atoms with van der Waals surface area (Å²) in [7, 11) is 0. The van der Waals surface area contributed by atoms with Crippen molar-refractivity contribution in [3.63, 3.8) is 0 Å². The van der Waals surface area contributed by atoms with E-state index in [1.807, 2.05) is 36.5 Å². The summed E-state index contributed by atoms with van der Waals surface area (Å²) in [4.78, 5) is 0. The topological polar surface area (TPSA) is 49.7 Å². The van der Waals surface area contributed by atoms with Gasteiger partial charge in [0.1, 0.15) is 6.10 Å². The normalized spacial score (nSPS) is 37.9. The Morgan fingerprint density at radius 1 is 1.29 bits per heavy atom. The molecule has 3 nitrogen and oxygen atoms in total. The van der Waals surface area contributed by atoms with Gasteiger partial charge in [-0.05, 0) is 40.3 Å². The first kappa shape index (κ1) is 13.0. The van der Waals surface area contributed by atoms with E-state index in [2.05, 4.69) is 22.6 Å². The maximum Gasteiger partial charge on any atom is 0.107 e. The molecule has 0 aromatic rings. The number of rotatable bonds is 2. The van der Waals surface area contributed by atoms with E-state index in [-0.39, 0.29) is 12.7 Å². The van der Waals surface area contributed by atoms with Crippen LogP contribution in [0.5, 0.6) is 0 Å². The Bertz CT molecular complexity index is 395. The molecule has 1 aliphatic heterocycles. The summed E-state index contributed by atoms with van der Waals surface area (Å²) < 4.78 is 6.76. The predicted molar refractivity (Wildman–Crippen MR) is 74.8 cm³/mol. The van der Waals surface area contributed by atoms with E-state index < -0.39 is 12.2 Å². The van der Waals surface area contributed by atoms with Crippen molar-refractivity contribution in [3.05, 3.63) is 45.6 Å². The van der Waals surface area contributed by atoms with Gasteiger partial charge >= 0.3 is 0 Å². The molecule has 1 saturated heterocycles. The molecule has 17 heavy (non-hydrogen) atoms.